The minimum atomic E-state index is -1.72. The molecule has 5 N–H and O–H groups in total. The van der Waals surface area contributed by atoms with Crippen molar-refractivity contribution in [3.8, 4) is 0 Å². The van der Waals surface area contributed by atoms with Crippen LogP contribution in [0, 0.1) is 0 Å². The summed E-state index contributed by atoms with van der Waals surface area (Å²) in [5.41, 5.74) is 9.93. The average Bonchev–Trinajstić information content (AvgIpc) is 2.27. The molecule has 9 heteroatoms. The molecule has 0 amide bonds. The molecule has 7 nitrogen and oxygen atoms in total. The van der Waals surface area contributed by atoms with E-state index in [9.17, 15) is 5.11 Å². The minimum absolute atomic E-state index is 0.00294. The molecule has 0 radical (unpaired) electrons. The van der Waals surface area contributed by atoms with Crippen molar-refractivity contribution in [2.45, 2.75) is 12.5 Å². The SMILES string of the molecule is CC(O)(c1c(N)ncnc1Cl)c1c(N)ncnc1Cl. The first kappa shape index (κ1) is 13.7. The summed E-state index contributed by atoms with van der Waals surface area (Å²) in [6.45, 7) is 1.41. The Kier molecular flexibility index (Phi) is 3.44. The van der Waals surface area contributed by atoms with Gasteiger partial charge < -0.3 is 16.6 Å². The molecule has 0 spiro atoms. The third-order valence-corrected chi connectivity index (χ3v) is 3.21. The monoisotopic (exact) mass is 300 g/mol. The fraction of sp³-hybridized carbons (Fsp3) is 0.200. The molecule has 0 aliphatic heterocycles. The van der Waals surface area contributed by atoms with Gasteiger partial charge in [0.2, 0.25) is 0 Å². The summed E-state index contributed by atoms with van der Waals surface area (Å²) in [4.78, 5) is 15.1. The maximum atomic E-state index is 10.7. The van der Waals surface area contributed by atoms with Crippen molar-refractivity contribution in [1.82, 2.24) is 19.9 Å². The third kappa shape index (κ3) is 2.27. The maximum absolute atomic E-state index is 10.7. The Morgan fingerprint density at radius 2 is 1.32 bits per heavy atom. The summed E-state index contributed by atoms with van der Waals surface area (Å²) in [5, 5.41) is 10.7. The predicted molar refractivity (Wildman–Crippen MR) is 71.6 cm³/mol. The van der Waals surface area contributed by atoms with Crippen molar-refractivity contribution in [3.63, 3.8) is 0 Å². The van der Waals surface area contributed by atoms with Crippen LogP contribution in [0.25, 0.3) is 0 Å². The van der Waals surface area contributed by atoms with Crippen molar-refractivity contribution in [1.29, 1.82) is 0 Å². The third-order valence-electron chi connectivity index (χ3n) is 2.63. The van der Waals surface area contributed by atoms with Crippen molar-refractivity contribution < 1.29 is 5.11 Å². The van der Waals surface area contributed by atoms with Crippen LogP contribution in [0.2, 0.25) is 10.3 Å². The fourth-order valence-electron chi connectivity index (χ4n) is 1.78. The van der Waals surface area contributed by atoms with Gasteiger partial charge in [0.15, 0.2) is 0 Å². The molecule has 0 atom stereocenters. The molecule has 2 rings (SSSR count). The number of anilines is 2. The second kappa shape index (κ2) is 4.76. The van der Waals surface area contributed by atoms with E-state index in [1.807, 2.05) is 0 Å². The molecule has 19 heavy (non-hydrogen) atoms. The number of nitrogen functional groups attached to an aromatic ring is 2. The summed E-state index contributed by atoms with van der Waals surface area (Å²) in [6, 6.07) is 0. The highest BCUT2D eigenvalue weighted by Gasteiger charge is 2.36. The van der Waals surface area contributed by atoms with Crippen LogP contribution < -0.4 is 11.5 Å². The van der Waals surface area contributed by atoms with E-state index in [0.717, 1.165) is 0 Å². The van der Waals surface area contributed by atoms with E-state index < -0.39 is 5.60 Å². The predicted octanol–water partition coefficient (Wildman–Crippen LogP) is 0.994. The van der Waals surface area contributed by atoms with Crippen LogP contribution in [0.1, 0.15) is 18.1 Å². The molecular weight excluding hydrogens is 291 g/mol. The van der Waals surface area contributed by atoms with Crippen LogP contribution >= 0.6 is 23.2 Å². The zero-order chi connectivity index (χ0) is 14.2. The van der Waals surface area contributed by atoms with Gasteiger partial charge in [-0.2, -0.15) is 0 Å². The number of halogens is 2. The van der Waals surface area contributed by atoms with Gasteiger partial charge in [0.05, 0.1) is 11.1 Å². The van der Waals surface area contributed by atoms with Gasteiger partial charge in [0, 0.05) is 0 Å². The topological polar surface area (TPSA) is 124 Å². The summed E-state index contributed by atoms with van der Waals surface area (Å²) in [5.74, 6) is 0.0358. The lowest BCUT2D eigenvalue weighted by Crippen LogP contribution is -2.28. The molecule has 0 bridgehead atoms. The summed E-state index contributed by atoms with van der Waals surface area (Å²) >= 11 is 11.9. The van der Waals surface area contributed by atoms with Crippen LogP contribution in [0.5, 0.6) is 0 Å². The molecule has 0 fully saturated rings. The lowest BCUT2D eigenvalue weighted by atomic mass is 9.90. The summed E-state index contributed by atoms with van der Waals surface area (Å²) in [6.07, 6.45) is 2.37. The molecule has 2 aromatic heterocycles. The molecule has 0 saturated heterocycles. The Morgan fingerprint density at radius 1 is 0.947 bits per heavy atom. The number of rotatable bonds is 2. The Hall–Kier alpha value is -1.70. The molecule has 0 aliphatic carbocycles. The van der Waals surface area contributed by atoms with Gasteiger partial charge in [0.25, 0.3) is 0 Å². The quantitative estimate of drug-likeness (QED) is 0.706. The Balaban J connectivity index is 2.73. The maximum Gasteiger partial charge on any atom is 0.141 e. The Morgan fingerprint density at radius 3 is 1.63 bits per heavy atom. The van der Waals surface area contributed by atoms with E-state index in [4.69, 9.17) is 34.7 Å². The zero-order valence-corrected chi connectivity index (χ0v) is 11.3. The molecule has 0 aliphatic rings. The van der Waals surface area contributed by atoms with Crippen LogP contribution in [0.4, 0.5) is 11.6 Å². The fourth-order valence-corrected chi connectivity index (χ4v) is 2.43. The van der Waals surface area contributed by atoms with Crippen molar-refractivity contribution in [2.75, 3.05) is 11.5 Å². The normalized spacial score (nSPS) is 11.6. The van der Waals surface area contributed by atoms with E-state index in [0.29, 0.717) is 0 Å². The summed E-state index contributed by atoms with van der Waals surface area (Å²) < 4.78 is 0. The van der Waals surface area contributed by atoms with E-state index in [1.54, 1.807) is 0 Å². The lowest BCUT2D eigenvalue weighted by Gasteiger charge is -2.26. The second-order valence-corrected chi connectivity index (χ2v) is 4.64. The number of nitrogens with zero attached hydrogens (tertiary/aromatic N) is 4. The highest BCUT2D eigenvalue weighted by Crippen LogP contribution is 2.40. The molecule has 2 heterocycles. The standard InChI is InChI=1S/C10H10Cl2N6O/c1-10(19,4-6(11)15-2-17-8(4)13)5-7(12)16-3-18-9(5)14/h2-3,19H,1H3,(H2,13,15,17)(H2,14,16,18). The van der Waals surface area contributed by atoms with E-state index in [1.165, 1.54) is 19.6 Å². The first-order valence-electron chi connectivity index (χ1n) is 5.11. The van der Waals surface area contributed by atoms with E-state index in [-0.39, 0.29) is 33.1 Å². The first-order valence-corrected chi connectivity index (χ1v) is 5.86. The zero-order valence-electron chi connectivity index (χ0n) is 9.80. The second-order valence-electron chi connectivity index (χ2n) is 3.92. The molecule has 2 aromatic rings. The number of aromatic nitrogens is 4. The number of nitrogens with two attached hydrogens (primary N) is 2. The highest BCUT2D eigenvalue weighted by atomic mass is 35.5. The number of hydrogen-bond acceptors (Lipinski definition) is 7. The van der Waals surface area contributed by atoms with E-state index in [2.05, 4.69) is 19.9 Å². The van der Waals surface area contributed by atoms with Gasteiger partial charge in [-0.1, -0.05) is 23.2 Å². The Bertz CT molecular complexity index is 539. The van der Waals surface area contributed by atoms with E-state index >= 15 is 0 Å². The average molecular weight is 301 g/mol. The largest absolute Gasteiger partial charge is 0.383 e. The van der Waals surface area contributed by atoms with Gasteiger partial charge in [-0.05, 0) is 6.92 Å². The molecule has 0 unspecified atom stereocenters. The minimum Gasteiger partial charge on any atom is -0.383 e. The lowest BCUT2D eigenvalue weighted by molar-refractivity contribution is 0.103. The number of aliphatic hydroxyl groups is 1. The summed E-state index contributed by atoms with van der Waals surface area (Å²) in [7, 11) is 0. The van der Waals surface area contributed by atoms with Crippen LogP contribution in [0.15, 0.2) is 12.7 Å². The van der Waals surface area contributed by atoms with Gasteiger partial charge in [-0.3, -0.25) is 0 Å². The Labute approximate surface area is 118 Å². The number of hydrogen-bond donors (Lipinski definition) is 3. The van der Waals surface area contributed by atoms with Gasteiger partial charge in [-0.25, -0.2) is 19.9 Å². The van der Waals surface area contributed by atoms with Gasteiger partial charge in [-0.15, -0.1) is 0 Å². The van der Waals surface area contributed by atoms with Crippen molar-refractivity contribution >= 4 is 34.8 Å². The van der Waals surface area contributed by atoms with Crippen molar-refractivity contribution in [3.05, 3.63) is 34.1 Å². The molecule has 100 valence electrons. The molecular formula is C10H10Cl2N6O. The first-order chi connectivity index (χ1) is 8.85. The van der Waals surface area contributed by atoms with Crippen molar-refractivity contribution in [2.24, 2.45) is 0 Å². The van der Waals surface area contributed by atoms with Gasteiger partial charge in [0.1, 0.15) is 40.2 Å². The molecule has 0 aromatic carbocycles. The highest BCUT2D eigenvalue weighted by molar-refractivity contribution is 6.31. The molecule has 0 saturated carbocycles. The van der Waals surface area contributed by atoms with Gasteiger partial charge >= 0.3 is 0 Å². The van der Waals surface area contributed by atoms with Crippen LogP contribution in [-0.4, -0.2) is 25.0 Å². The van der Waals surface area contributed by atoms with Crippen LogP contribution in [0.3, 0.4) is 0 Å². The smallest absolute Gasteiger partial charge is 0.141 e. The van der Waals surface area contributed by atoms with Crippen LogP contribution in [-0.2, 0) is 5.60 Å².